The van der Waals surface area contributed by atoms with Crippen LogP contribution in [0.4, 0.5) is 0 Å². The fraction of sp³-hybridized carbons (Fsp3) is 0.600. The van der Waals surface area contributed by atoms with E-state index in [4.69, 9.17) is 14.6 Å². The molecular weight excluding hydrogens is 228 g/mol. The van der Waals surface area contributed by atoms with E-state index in [1.54, 1.807) is 0 Å². The van der Waals surface area contributed by atoms with Gasteiger partial charge in [-0.15, -0.1) is 0 Å². The Bertz CT molecular complexity index is 399. The largest absolute Gasteiger partial charge is 0.490 e. The third kappa shape index (κ3) is 3.16. The molecule has 1 aliphatic rings. The van der Waals surface area contributed by atoms with Gasteiger partial charge in [0.2, 0.25) is 0 Å². The lowest BCUT2D eigenvalue weighted by atomic mass is 10.0. The van der Waals surface area contributed by atoms with Crippen molar-refractivity contribution >= 4 is 0 Å². The quantitative estimate of drug-likeness (QED) is 0.789. The van der Waals surface area contributed by atoms with Crippen molar-refractivity contribution in [3.8, 4) is 11.5 Å². The lowest BCUT2D eigenvalue weighted by molar-refractivity contribution is 0.132. The predicted octanol–water partition coefficient (Wildman–Crippen LogP) is 2.94. The highest BCUT2D eigenvalue weighted by Gasteiger charge is 2.32. The van der Waals surface area contributed by atoms with Gasteiger partial charge in [0, 0.05) is 18.6 Å². The molecule has 1 heterocycles. The van der Waals surface area contributed by atoms with Crippen molar-refractivity contribution in [3.63, 3.8) is 0 Å². The maximum atomic E-state index is 8.71. The van der Waals surface area contributed by atoms with Gasteiger partial charge >= 0.3 is 0 Å². The molecule has 2 rings (SSSR count). The van der Waals surface area contributed by atoms with E-state index in [-0.39, 0.29) is 12.2 Å². The molecule has 0 bridgehead atoms. The van der Waals surface area contributed by atoms with Gasteiger partial charge in [-0.25, -0.2) is 0 Å². The van der Waals surface area contributed by atoms with Gasteiger partial charge in [-0.1, -0.05) is 12.1 Å². The summed E-state index contributed by atoms with van der Waals surface area (Å²) in [5.74, 6) is 1.76. The number of unbranched alkanes of at least 4 members (excludes halogenated alkanes) is 2. The van der Waals surface area contributed by atoms with E-state index in [9.17, 15) is 0 Å². The minimum atomic E-state index is -0.126. The number of benzene rings is 1. The van der Waals surface area contributed by atoms with Crippen LogP contribution >= 0.6 is 0 Å². The second kappa shape index (κ2) is 5.61. The Hall–Kier alpha value is -1.22. The molecule has 0 spiro atoms. The molecule has 0 atom stereocenters. The number of rotatable bonds is 6. The minimum absolute atomic E-state index is 0.126. The second-order valence-electron chi connectivity index (χ2n) is 5.42. The van der Waals surface area contributed by atoms with E-state index < -0.39 is 0 Å². The Kier molecular flexibility index (Phi) is 4.12. The smallest absolute Gasteiger partial charge is 0.165 e. The molecule has 0 fully saturated rings. The first-order chi connectivity index (χ1) is 8.62. The van der Waals surface area contributed by atoms with Crippen molar-refractivity contribution in [2.75, 3.05) is 13.2 Å². The summed E-state index contributed by atoms with van der Waals surface area (Å²) in [5.41, 5.74) is 1.10. The van der Waals surface area contributed by atoms with Gasteiger partial charge in [0.15, 0.2) is 11.5 Å². The summed E-state index contributed by atoms with van der Waals surface area (Å²) < 4.78 is 11.7. The topological polar surface area (TPSA) is 38.7 Å². The van der Waals surface area contributed by atoms with Gasteiger partial charge in [-0.2, -0.15) is 0 Å². The number of hydrogen-bond donors (Lipinski definition) is 1. The van der Waals surface area contributed by atoms with Crippen LogP contribution in [0.25, 0.3) is 0 Å². The van der Waals surface area contributed by atoms with E-state index in [2.05, 4.69) is 19.9 Å². The highest BCUT2D eigenvalue weighted by atomic mass is 16.5. The van der Waals surface area contributed by atoms with Gasteiger partial charge in [0.25, 0.3) is 0 Å². The van der Waals surface area contributed by atoms with Crippen LogP contribution in [0.5, 0.6) is 11.5 Å². The monoisotopic (exact) mass is 250 g/mol. The molecule has 3 nitrogen and oxygen atoms in total. The molecule has 1 aromatic rings. The maximum Gasteiger partial charge on any atom is 0.165 e. The highest BCUT2D eigenvalue weighted by Crippen LogP contribution is 2.41. The van der Waals surface area contributed by atoms with Crippen molar-refractivity contribution < 1.29 is 14.6 Å². The van der Waals surface area contributed by atoms with Gasteiger partial charge in [-0.05, 0) is 39.2 Å². The summed E-state index contributed by atoms with van der Waals surface area (Å²) in [4.78, 5) is 0. The van der Waals surface area contributed by atoms with Crippen LogP contribution < -0.4 is 9.47 Å². The number of aliphatic hydroxyl groups is 1. The average Bonchev–Trinajstić information content (AvgIpc) is 2.63. The molecule has 0 unspecified atom stereocenters. The van der Waals surface area contributed by atoms with Crippen molar-refractivity contribution in [1.29, 1.82) is 0 Å². The molecule has 0 saturated carbocycles. The third-order valence-corrected chi connectivity index (χ3v) is 3.11. The van der Waals surface area contributed by atoms with E-state index in [1.807, 2.05) is 12.1 Å². The van der Waals surface area contributed by atoms with Crippen LogP contribution in [0.1, 0.15) is 38.7 Å². The molecule has 1 aliphatic heterocycles. The Balaban J connectivity index is 1.93. The van der Waals surface area contributed by atoms with E-state index in [0.29, 0.717) is 6.61 Å². The van der Waals surface area contributed by atoms with E-state index in [0.717, 1.165) is 37.2 Å². The molecule has 3 heteroatoms. The fourth-order valence-corrected chi connectivity index (χ4v) is 2.27. The zero-order valence-electron chi connectivity index (χ0n) is 11.2. The van der Waals surface area contributed by atoms with Gasteiger partial charge in [-0.3, -0.25) is 0 Å². The summed E-state index contributed by atoms with van der Waals surface area (Å²) in [6.45, 7) is 5.13. The second-order valence-corrected chi connectivity index (χ2v) is 5.42. The lowest BCUT2D eigenvalue weighted by Gasteiger charge is -2.18. The molecule has 1 N–H and O–H groups in total. The first-order valence-corrected chi connectivity index (χ1v) is 6.67. The van der Waals surface area contributed by atoms with Crippen LogP contribution in [0.3, 0.4) is 0 Å². The molecular formula is C15H22O3. The first-order valence-electron chi connectivity index (χ1n) is 6.67. The van der Waals surface area contributed by atoms with Crippen molar-refractivity contribution in [3.05, 3.63) is 23.8 Å². The first kappa shape index (κ1) is 13.2. The predicted molar refractivity (Wildman–Crippen MR) is 71.3 cm³/mol. The summed E-state index contributed by atoms with van der Waals surface area (Å²) in [6, 6.07) is 6.08. The standard InChI is InChI=1S/C15H22O3/c1-15(2)11-12-7-6-8-13(14(12)18-15)17-10-5-3-4-9-16/h6-8,16H,3-5,9-11H2,1-2H3. The number of hydrogen-bond acceptors (Lipinski definition) is 3. The Morgan fingerprint density at radius 2 is 2.11 bits per heavy atom. The normalized spacial score (nSPS) is 16.2. The number of fused-ring (bicyclic) bond motifs is 1. The van der Waals surface area contributed by atoms with Crippen LogP contribution in [-0.2, 0) is 6.42 Å². The summed E-state index contributed by atoms with van der Waals surface area (Å²) in [6.07, 6.45) is 3.75. The Labute approximate surface area is 109 Å². The number of para-hydroxylation sites is 1. The third-order valence-electron chi connectivity index (χ3n) is 3.11. The van der Waals surface area contributed by atoms with E-state index in [1.165, 1.54) is 5.56 Å². The van der Waals surface area contributed by atoms with Crippen LogP contribution in [0.2, 0.25) is 0 Å². The number of ether oxygens (including phenoxy) is 2. The van der Waals surface area contributed by atoms with Gasteiger partial charge in [0.1, 0.15) is 5.60 Å². The average molecular weight is 250 g/mol. The van der Waals surface area contributed by atoms with Crippen LogP contribution in [-0.4, -0.2) is 23.9 Å². The molecule has 18 heavy (non-hydrogen) atoms. The van der Waals surface area contributed by atoms with Gasteiger partial charge < -0.3 is 14.6 Å². The zero-order valence-corrected chi connectivity index (χ0v) is 11.2. The fourth-order valence-electron chi connectivity index (χ4n) is 2.27. The summed E-state index contributed by atoms with van der Waals surface area (Å²) in [7, 11) is 0. The molecule has 0 aromatic heterocycles. The van der Waals surface area contributed by atoms with Crippen LogP contribution in [0.15, 0.2) is 18.2 Å². The molecule has 0 amide bonds. The number of aliphatic hydroxyl groups excluding tert-OH is 1. The van der Waals surface area contributed by atoms with Crippen molar-refractivity contribution in [2.45, 2.75) is 45.1 Å². The maximum absolute atomic E-state index is 8.71. The van der Waals surface area contributed by atoms with E-state index >= 15 is 0 Å². The van der Waals surface area contributed by atoms with Crippen molar-refractivity contribution in [1.82, 2.24) is 0 Å². The summed E-state index contributed by atoms with van der Waals surface area (Å²) in [5, 5.41) is 8.71. The lowest BCUT2D eigenvalue weighted by Crippen LogP contribution is -2.24. The summed E-state index contributed by atoms with van der Waals surface area (Å²) >= 11 is 0. The molecule has 100 valence electrons. The molecule has 0 radical (unpaired) electrons. The van der Waals surface area contributed by atoms with Gasteiger partial charge in [0.05, 0.1) is 6.61 Å². The Morgan fingerprint density at radius 1 is 1.28 bits per heavy atom. The molecule has 0 aliphatic carbocycles. The minimum Gasteiger partial charge on any atom is -0.490 e. The molecule has 0 saturated heterocycles. The van der Waals surface area contributed by atoms with Crippen molar-refractivity contribution in [2.24, 2.45) is 0 Å². The van der Waals surface area contributed by atoms with Crippen LogP contribution in [0, 0.1) is 0 Å². The molecule has 1 aromatic carbocycles. The SMILES string of the molecule is CC1(C)Cc2cccc(OCCCCCO)c2O1. The Morgan fingerprint density at radius 3 is 2.89 bits per heavy atom. The zero-order chi connectivity index (χ0) is 13.0. The highest BCUT2D eigenvalue weighted by molar-refractivity contribution is 5.50.